The smallest absolute Gasteiger partial charge is 0.258 e. The van der Waals surface area contributed by atoms with E-state index in [-0.39, 0.29) is 24.0 Å². The van der Waals surface area contributed by atoms with E-state index >= 15 is 0 Å². The number of ketones is 1. The molecule has 1 fully saturated rings. The molecule has 3 heterocycles. The lowest BCUT2D eigenvalue weighted by molar-refractivity contribution is -0.132. The molecule has 26 heavy (non-hydrogen) atoms. The quantitative estimate of drug-likeness (QED) is 0.746. The Bertz CT molecular complexity index is 699. The highest BCUT2D eigenvalue weighted by Crippen LogP contribution is 2.23. The number of ether oxygens (including phenoxy) is 1. The third kappa shape index (κ3) is 5.03. The molecule has 140 valence electrons. The van der Waals surface area contributed by atoms with Crippen molar-refractivity contribution in [2.75, 3.05) is 19.7 Å². The molecule has 0 spiro atoms. The summed E-state index contributed by atoms with van der Waals surface area (Å²) < 4.78 is 10.3. The van der Waals surface area contributed by atoms with E-state index in [9.17, 15) is 9.59 Å². The largest absolute Gasteiger partial charge is 0.471 e. The van der Waals surface area contributed by atoms with E-state index in [4.69, 9.17) is 9.26 Å². The van der Waals surface area contributed by atoms with E-state index in [1.54, 1.807) is 18.3 Å². The summed E-state index contributed by atoms with van der Waals surface area (Å²) in [4.78, 5) is 30.2. The predicted octanol–water partition coefficient (Wildman–Crippen LogP) is 2.45. The number of aryl methyl sites for hydroxylation is 1. The van der Waals surface area contributed by atoms with Crippen LogP contribution in [0.25, 0.3) is 0 Å². The van der Waals surface area contributed by atoms with Crippen LogP contribution in [0.3, 0.4) is 0 Å². The van der Waals surface area contributed by atoms with Gasteiger partial charge in [0, 0.05) is 31.8 Å². The molecule has 7 heteroatoms. The molecule has 0 bridgehead atoms. The summed E-state index contributed by atoms with van der Waals surface area (Å²) in [7, 11) is 0. The SMILES string of the molecule is Cc1cc(CC(=O)N2CCC(CCCC(=O)C3=NC=CCO3)CC2)on1. The first-order chi connectivity index (χ1) is 12.6. The van der Waals surface area contributed by atoms with Crippen LogP contribution in [0.15, 0.2) is 27.9 Å². The lowest BCUT2D eigenvalue weighted by Gasteiger charge is -2.32. The molecule has 1 amide bonds. The highest BCUT2D eigenvalue weighted by molar-refractivity contribution is 6.36. The van der Waals surface area contributed by atoms with Crippen molar-refractivity contribution in [2.45, 2.75) is 45.4 Å². The Hall–Kier alpha value is -2.44. The van der Waals surface area contributed by atoms with E-state index < -0.39 is 0 Å². The first-order valence-corrected chi connectivity index (χ1v) is 9.20. The van der Waals surface area contributed by atoms with E-state index in [0.29, 0.717) is 24.7 Å². The van der Waals surface area contributed by atoms with Gasteiger partial charge in [-0.3, -0.25) is 9.59 Å². The third-order valence-electron chi connectivity index (χ3n) is 4.84. The molecule has 1 saturated heterocycles. The number of rotatable bonds is 7. The number of Topliss-reactive ketones (excluding diaryl/α,β-unsaturated/α-hetero) is 1. The van der Waals surface area contributed by atoms with Crippen LogP contribution in [0.2, 0.25) is 0 Å². The normalized spacial score (nSPS) is 17.7. The number of hydrogen-bond acceptors (Lipinski definition) is 6. The fourth-order valence-corrected chi connectivity index (χ4v) is 3.37. The van der Waals surface area contributed by atoms with Crippen LogP contribution in [0, 0.1) is 12.8 Å². The molecule has 0 atom stereocenters. The highest BCUT2D eigenvalue weighted by Gasteiger charge is 2.24. The van der Waals surface area contributed by atoms with Crippen LogP contribution in [0.5, 0.6) is 0 Å². The molecule has 0 saturated carbocycles. The van der Waals surface area contributed by atoms with E-state index in [1.807, 2.05) is 11.8 Å². The van der Waals surface area contributed by atoms with Gasteiger partial charge in [0.1, 0.15) is 12.4 Å². The average Bonchev–Trinajstić information content (AvgIpc) is 3.07. The zero-order valence-corrected chi connectivity index (χ0v) is 15.1. The molecule has 1 aromatic heterocycles. The minimum absolute atomic E-state index is 0.0238. The summed E-state index contributed by atoms with van der Waals surface area (Å²) in [6.45, 7) is 3.80. The number of carbonyl (C=O) groups excluding carboxylic acids is 2. The number of hydrogen-bond donors (Lipinski definition) is 0. The molecule has 0 unspecified atom stereocenters. The minimum Gasteiger partial charge on any atom is -0.471 e. The number of aliphatic imine (C=N–C) groups is 1. The van der Waals surface area contributed by atoms with Crippen LogP contribution in [-0.2, 0) is 20.7 Å². The second-order valence-electron chi connectivity index (χ2n) is 6.88. The van der Waals surface area contributed by atoms with Gasteiger partial charge in [0.25, 0.3) is 5.90 Å². The predicted molar refractivity (Wildman–Crippen MR) is 95.6 cm³/mol. The molecule has 0 aromatic carbocycles. The lowest BCUT2D eigenvalue weighted by atomic mass is 9.91. The van der Waals surface area contributed by atoms with Gasteiger partial charge >= 0.3 is 0 Å². The summed E-state index contributed by atoms with van der Waals surface area (Å²) in [5, 5.41) is 3.81. The van der Waals surface area contributed by atoms with Crippen LogP contribution in [-0.4, -0.2) is 47.3 Å². The fourth-order valence-electron chi connectivity index (χ4n) is 3.37. The van der Waals surface area contributed by atoms with Gasteiger partial charge < -0.3 is 14.2 Å². The molecule has 0 aliphatic carbocycles. The molecule has 2 aliphatic heterocycles. The van der Waals surface area contributed by atoms with Gasteiger partial charge in [-0.05, 0) is 44.6 Å². The lowest BCUT2D eigenvalue weighted by Crippen LogP contribution is -2.39. The third-order valence-corrected chi connectivity index (χ3v) is 4.84. The van der Waals surface area contributed by atoms with Gasteiger partial charge in [0.2, 0.25) is 11.7 Å². The molecular formula is C19H25N3O4. The Balaban J connectivity index is 1.34. The Morgan fingerprint density at radius 3 is 2.77 bits per heavy atom. The molecule has 7 nitrogen and oxygen atoms in total. The van der Waals surface area contributed by atoms with Crippen molar-refractivity contribution in [2.24, 2.45) is 10.9 Å². The molecule has 0 radical (unpaired) electrons. The summed E-state index contributed by atoms with van der Waals surface area (Å²) in [6.07, 6.45) is 7.93. The van der Waals surface area contributed by atoms with Crippen LogP contribution < -0.4 is 0 Å². The molecule has 1 aromatic rings. The van der Waals surface area contributed by atoms with Crippen LogP contribution in [0.4, 0.5) is 0 Å². The topological polar surface area (TPSA) is 85.0 Å². The van der Waals surface area contributed by atoms with Gasteiger partial charge in [0.15, 0.2) is 0 Å². The van der Waals surface area contributed by atoms with Gasteiger partial charge in [-0.15, -0.1) is 0 Å². The van der Waals surface area contributed by atoms with Crippen LogP contribution in [0.1, 0.15) is 43.6 Å². The maximum atomic E-state index is 12.3. The van der Waals surface area contributed by atoms with E-state index in [2.05, 4.69) is 10.1 Å². The zero-order valence-electron chi connectivity index (χ0n) is 15.1. The van der Waals surface area contributed by atoms with Gasteiger partial charge in [-0.2, -0.15) is 0 Å². The van der Waals surface area contributed by atoms with Crippen molar-refractivity contribution in [3.8, 4) is 0 Å². The first kappa shape index (κ1) is 18.4. The highest BCUT2D eigenvalue weighted by atomic mass is 16.5. The summed E-state index contributed by atoms with van der Waals surface area (Å²) >= 11 is 0. The monoisotopic (exact) mass is 359 g/mol. The maximum absolute atomic E-state index is 12.3. The number of piperidine rings is 1. The second kappa shape index (κ2) is 8.78. The zero-order chi connectivity index (χ0) is 18.4. The first-order valence-electron chi connectivity index (χ1n) is 9.20. The maximum Gasteiger partial charge on any atom is 0.258 e. The number of carbonyl (C=O) groups is 2. The van der Waals surface area contributed by atoms with Gasteiger partial charge in [-0.1, -0.05) is 5.16 Å². The van der Waals surface area contributed by atoms with Crippen molar-refractivity contribution in [1.29, 1.82) is 0 Å². The van der Waals surface area contributed by atoms with Gasteiger partial charge in [-0.25, -0.2) is 4.99 Å². The number of amides is 1. The summed E-state index contributed by atoms with van der Waals surface area (Å²) in [6, 6.07) is 1.80. The van der Waals surface area contributed by atoms with Crippen molar-refractivity contribution in [1.82, 2.24) is 10.1 Å². The van der Waals surface area contributed by atoms with Crippen molar-refractivity contribution in [3.05, 3.63) is 29.8 Å². The molecule has 2 aliphatic rings. The van der Waals surface area contributed by atoms with E-state index in [1.165, 1.54) is 0 Å². The Kier molecular flexibility index (Phi) is 6.20. The Labute approximate surface area is 153 Å². The van der Waals surface area contributed by atoms with Gasteiger partial charge in [0.05, 0.1) is 12.1 Å². The number of aromatic nitrogens is 1. The number of nitrogens with zero attached hydrogens (tertiary/aromatic N) is 3. The van der Waals surface area contributed by atoms with Crippen molar-refractivity contribution >= 4 is 17.6 Å². The van der Waals surface area contributed by atoms with Crippen molar-refractivity contribution in [3.63, 3.8) is 0 Å². The van der Waals surface area contributed by atoms with E-state index in [0.717, 1.165) is 44.5 Å². The number of likely N-dealkylation sites (tertiary alicyclic amines) is 1. The molecule has 0 N–H and O–H groups in total. The second-order valence-corrected chi connectivity index (χ2v) is 6.88. The fraction of sp³-hybridized carbons (Fsp3) is 0.579. The minimum atomic E-state index is -0.0238. The standard InChI is InChI=1S/C19H25N3O4/c1-14-12-16(26-21-14)13-18(24)22-9-6-15(7-10-22)4-2-5-17(23)19-20-8-3-11-25-19/h3,8,12,15H,2,4-7,9-11,13H2,1H3. The average molecular weight is 359 g/mol. The molecule has 3 rings (SSSR count). The Morgan fingerprint density at radius 2 is 2.12 bits per heavy atom. The Morgan fingerprint density at radius 1 is 1.31 bits per heavy atom. The summed E-state index contributed by atoms with van der Waals surface area (Å²) in [5.74, 6) is 1.49. The van der Waals surface area contributed by atoms with Crippen LogP contribution >= 0.6 is 0 Å². The van der Waals surface area contributed by atoms with Crippen molar-refractivity contribution < 1.29 is 18.8 Å². The summed E-state index contributed by atoms with van der Waals surface area (Å²) in [5.41, 5.74) is 0.793. The molecular weight excluding hydrogens is 334 g/mol.